The number of amides is 1. The van der Waals surface area contributed by atoms with Crippen molar-refractivity contribution in [3.63, 3.8) is 0 Å². The van der Waals surface area contributed by atoms with Gasteiger partial charge in [0.2, 0.25) is 5.91 Å². The van der Waals surface area contributed by atoms with E-state index in [-0.39, 0.29) is 18.7 Å². The third kappa shape index (κ3) is 4.53. The smallest absolute Gasteiger partial charge is 0.263 e. The Balaban J connectivity index is 2.83. The number of hydrogen-bond acceptors (Lipinski definition) is 3. The summed E-state index contributed by atoms with van der Waals surface area (Å²) >= 11 is 0. The lowest BCUT2D eigenvalue weighted by Crippen LogP contribution is -2.35. The van der Waals surface area contributed by atoms with Crippen molar-refractivity contribution in [2.75, 3.05) is 13.1 Å². The molecule has 1 unspecified atom stereocenters. The van der Waals surface area contributed by atoms with E-state index in [1.54, 1.807) is 0 Å². The topological polar surface area (TPSA) is 104 Å². The molecule has 0 fully saturated rings. The number of primary amides is 1. The van der Waals surface area contributed by atoms with Crippen molar-refractivity contribution in [1.82, 2.24) is 5.32 Å². The fourth-order valence-electron chi connectivity index (χ4n) is 1.56. The second-order valence-electron chi connectivity index (χ2n) is 3.71. The number of carbonyl (C=O) groups is 1. The number of halogens is 2. The van der Waals surface area contributed by atoms with Gasteiger partial charge < -0.3 is 11.1 Å². The van der Waals surface area contributed by atoms with Crippen LogP contribution in [0, 0.1) is 0 Å². The van der Waals surface area contributed by atoms with Gasteiger partial charge in [-0.15, -0.1) is 0 Å². The molecular formula is C11H13F2N5O. The van der Waals surface area contributed by atoms with Gasteiger partial charge in [0.25, 0.3) is 6.43 Å². The molecule has 0 aromatic heterocycles. The van der Waals surface area contributed by atoms with Crippen LogP contribution in [-0.4, -0.2) is 19.0 Å². The molecule has 0 saturated carbocycles. The maximum absolute atomic E-state index is 12.6. The number of hydrogen-bond donors (Lipinski definition) is 2. The van der Waals surface area contributed by atoms with Crippen LogP contribution in [0.3, 0.4) is 0 Å². The number of benzene rings is 1. The van der Waals surface area contributed by atoms with Crippen molar-refractivity contribution < 1.29 is 13.6 Å². The van der Waals surface area contributed by atoms with E-state index < -0.39 is 18.4 Å². The van der Waals surface area contributed by atoms with Gasteiger partial charge in [0.1, 0.15) is 6.04 Å². The molecule has 8 heteroatoms. The van der Waals surface area contributed by atoms with Crippen molar-refractivity contribution in [3.05, 3.63) is 45.8 Å². The molecule has 1 rings (SSSR count). The molecule has 102 valence electrons. The predicted molar refractivity (Wildman–Crippen MR) is 65.4 cm³/mol. The Bertz CT molecular complexity index is 488. The molecular weight excluding hydrogens is 256 g/mol. The number of rotatable bonds is 7. The number of nitrogens with zero attached hydrogens (tertiary/aromatic N) is 3. The summed E-state index contributed by atoms with van der Waals surface area (Å²) in [5.74, 6) is -0.688. The zero-order valence-corrected chi connectivity index (χ0v) is 9.96. The van der Waals surface area contributed by atoms with Gasteiger partial charge in [-0.1, -0.05) is 23.3 Å². The lowest BCUT2D eigenvalue weighted by Gasteiger charge is -2.16. The summed E-state index contributed by atoms with van der Waals surface area (Å²) < 4.78 is 25.1. The number of nitrogens with one attached hydrogen (secondary N) is 1. The molecule has 0 heterocycles. The zero-order chi connectivity index (χ0) is 14.3. The summed E-state index contributed by atoms with van der Waals surface area (Å²) in [6.07, 6.45) is -2.61. The fraction of sp³-hybridized carbons (Fsp3) is 0.364. The van der Waals surface area contributed by atoms with E-state index in [1.165, 1.54) is 24.3 Å². The Morgan fingerprint density at radius 2 is 2.16 bits per heavy atom. The summed E-state index contributed by atoms with van der Waals surface area (Å²) in [5, 5.41) is 6.04. The maximum Gasteiger partial charge on any atom is 0.263 e. The first kappa shape index (κ1) is 14.9. The van der Waals surface area contributed by atoms with Crippen LogP contribution in [0.25, 0.3) is 10.4 Å². The Labute approximate surface area is 108 Å². The summed E-state index contributed by atoms with van der Waals surface area (Å²) in [4.78, 5) is 13.9. The quantitative estimate of drug-likeness (QED) is 0.342. The van der Waals surface area contributed by atoms with Crippen LogP contribution in [0.2, 0.25) is 0 Å². The van der Waals surface area contributed by atoms with E-state index in [9.17, 15) is 13.6 Å². The van der Waals surface area contributed by atoms with Crippen molar-refractivity contribution in [3.8, 4) is 0 Å². The van der Waals surface area contributed by atoms with Gasteiger partial charge in [0, 0.05) is 23.6 Å². The van der Waals surface area contributed by atoms with E-state index in [1.807, 2.05) is 0 Å². The first-order chi connectivity index (χ1) is 9.06. The molecule has 0 spiro atoms. The van der Waals surface area contributed by atoms with Gasteiger partial charge in [-0.3, -0.25) is 4.79 Å². The van der Waals surface area contributed by atoms with Crippen LogP contribution < -0.4 is 11.1 Å². The molecule has 3 N–H and O–H groups in total. The van der Waals surface area contributed by atoms with Gasteiger partial charge in [0.05, 0.1) is 0 Å². The lowest BCUT2D eigenvalue weighted by molar-refractivity contribution is -0.120. The van der Waals surface area contributed by atoms with E-state index in [4.69, 9.17) is 11.3 Å². The SMILES string of the molecule is [N-]=[N+]=NCCNC(C(N)=O)c1cccc(C(F)F)c1. The lowest BCUT2D eigenvalue weighted by atomic mass is 10.0. The standard InChI is InChI=1S/C11H13F2N5O/c12-10(13)8-3-1-2-7(6-8)9(11(14)19)16-4-5-17-18-15/h1-3,6,9-10,16H,4-5H2,(H2,14,19). The molecule has 1 aromatic rings. The summed E-state index contributed by atoms with van der Waals surface area (Å²) in [5.41, 5.74) is 13.5. The van der Waals surface area contributed by atoms with Crippen LogP contribution in [0.1, 0.15) is 23.6 Å². The van der Waals surface area contributed by atoms with E-state index in [0.29, 0.717) is 5.56 Å². The second kappa shape index (κ2) is 7.30. The first-order valence-corrected chi connectivity index (χ1v) is 5.48. The van der Waals surface area contributed by atoms with Crippen LogP contribution in [0.5, 0.6) is 0 Å². The average molecular weight is 269 g/mol. The second-order valence-corrected chi connectivity index (χ2v) is 3.71. The molecule has 0 saturated heterocycles. The predicted octanol–water partition coefficient (Wildman–Crippen LogP) is 2.05. The molecule has 1 aromatic carbocycles. The molecule has 0 aliphatic carbocycles. The highest BCUT2D eigenvalue weighted by Crippen LogP contribution is 2.22. The van der Waals surface area contributed by atoms with Crippen LogP contribution >= 0.6 is 0 Å². The fourth-order valence-corrected chi connectivity index (χ4v) is 1.56. The Kier molecular flexibility index (Phi) is 5.72. The summed E-state index contributed by atoms with van der Waals surface area (Å²) in [6, 6.07) is 4.56. The highest BCUT2D eigenvalue weighted by Gasteiger charge is 2.18. The largest absolute Gasteiger partial charge is 0.368 e. The number of carbonyl (C=O) groups excluding carboxylic acids is 1. The van der Waals surface area contributed by atoms with Crippen LogP contribution in [0.4, 0.5) is 8.78 Å². The zero-order valence-electron chi connectivity index (χ0n) is 9.96. The third-order valence-electron chi connectivity index (χ3n) is 2.40. The van der Waals surface area contributed by atoms with E-state index in [0.717, 1.165) is 0 Å². The van der Waals surface area contributed by atoms with Gasteiger partial charge in [-0.25, -0.2) is 8.78 Å². The third-order valence-corrected chi connectivity index (χ3v) is 2.40. The normalized spacial score (nSPS) is 11.9. The summed E-state index contributed by atoms with van der Waals surface area (Å²) in [6.45, 7) is 0.353. The Hall–Kier alpha value is -2.18. The molecule has 1 atom stereocenters. The minimum absolute atomic E-state index is 0.134. The van der Waals surface area contributed by atoms with Crippen molar-refractivity contribution >= 4 is 5.91 Å². The molecule has 0 aliphatic heterocycles. The van der Waals surface area contributed by atoms with Gasteiger partial charge >= 0.3 is 0 Å². The summed E-state index contributed by atoms with van der Waals surface area (Å²) in [7, 11) is 0. The van der Waals surface area contributed by atoms with Crippen molar-refractivity contribution in [1.29, 1.82) is 0 Å². The molecule has 0 bridgehead atoms. The highest BCUT2D eigenvalue weighted by atomic mass is 19.3. The van der Waals surface area contributed by atoms with Crippen molar-refractivity contribution in [2.45, 2.75) is 12.5 Å². The van der Waals surface area contributed by atoms with Gasteiger partial charge in [0.15, 0.2) is 0 Å². The molecule has 6 nitrogen and oxygen atoms in total. The minimum atomic E-state index is -2.61. The minimum Gasteiger partial charge on any atom is -0.368 e. The highest BCUT2D eigenvalue weighted by molar-refractivity contribution is 5.81. The van der Waals surface area contributed by atoms with Gasteiger partial charge in [-0.05, 0) is 17.2 Å². The molecule has 0 aliphatic rings. The number of alkyl halides is 2. The van der Waals surface area contributed by atoms with E-state index >= 15 is 0 Å². The van der Waals surface area contributed by atoms with Crippen LogP contribution in [0.15, 0.2) is 29.4 Å². The molecule has 19 heavy (non-hydrogen) atoms. The Morgan fingerprint density at radius 1 is 1.47 bits per heavy atom. The molecule has 0 radical (unpaired) electrons. The van der Waals surface area contributed by atoms with E-state index in [2.05, 4.69) is 15.3 Å². The van der Waals surface area contributed by atoms with Crippen molar-refractivity contribution in [2.24, 2.45) is 10.8 Å². The number of nitrogens with two attached hydrogens (primary N) is 1. The molecule has 1 amide bonds. The Morgan fingerprint density at radius 3 is 2.74 bits per heavy atom. The average Bonchev–Trinajstić information content (AvgIpc) is 2.38. The maximum atomic E-state index is 12.6. The van der Waals surface area contributed by atoms with Crippen LogP contribution in [-0.2, 0) is 4.79 Å². The number of azide groups is 1. The van der Waals surface area contributed by atoms with Gasteiger partial charge in [-0.2, -0.15) is 0 Å². The monoisotopic (exact) mass is 269 g/mol. The first-order valence-electron chi connectivity index (χ1n) is 5.48.